The van der Waals surface area contributed by atoms with Crippen molar-refractivity contribution in [1.29, 1.82) is 0 Å². The summed E-state index contributed by atoms with van der Waals surface area (Å²) in [6.07, 6.45) is 0. The van der Waals surface area contributed by atoms with Crippen LogP contribution in [0.25, 0.3) is 10.8 Å². The Balaban J connectivity index is 0.00000120. The first kappa shape index (κ1) is 13.1. The second kappa shape index (κ2) is 5.53. The van der Waals surface area contributed by atoms with Crippen LogP contribution < -0.4 is 5.73 Å². The molecule has 0 fully saturated rings. The van der Waals surface area contributed by atoms with E-state index in [1.165, 1.54) is 21.2 Å². The van der Waals surface area contributed by atoms with Crippen molar-refractivity contribution in [2.75, 3.05) is 0 Å². The van der Waals surface area contributed by atoms with Crippen LogP contribution in [0.15, 0.2) is 60.0 Å². The van der Waals surface area contributed by atoms with Crippen LogP contribution >= 0.6 is 23.7 Å². The average Bonchev–Trinajstić information content (AvgIpc) is 2.91. The number of rotatable bonds is 2. The SMILES string of the molecule is Cl.N[C@H](c1ccc2ccccc2c1)c1cccs1. The predicted octanol–water partition coefficient (Wildman–Crippen LogP) is 4.37. The highest BCUT2D eigenvalue weighted by Crippen LogP contribution is 2.26. The summed E-state index contributed by atoms with van der Waals surface area (Å²) in [4.78, 5) is 1.21. The van der Waals surface area contributed by atoms with Crippen LogP contribution in [0.2, 0.25) is 0 Å². The lowest BCUT2D eigenvalue weighted by Crippen LogP contribution is -2.09. The van der Waals surface area contributed by atoms with Crippen molar-refractivity contribution in [3.63, 3.8) is 0 Å². The number of fused-ring (bicyclic) bond motifs is 1. The fourth-order valence-electron chi connectivity index (χ4n) is 2.03. The molecule has 0 aliphatic rings. The van der Waals surface area contributed by atoms with Gasteiger partial charge in [0.2, 0.25) is 0 Å². The van der Waals surface area contributed by atoms with Gasteiger partial charge in [0.15, 0.2) is 0 Å². The van der Waals surface area contributed by atoms with Gasteiger partial charge in [-0.05, 0) is 33.8 Å². The number of hydrogen-bond acceptors (Lipinski definition) is 2. The van der Waals surface area contributed by atoms with E-state index in [0.717, 1.165) is 0 Å². The lowest BCUT2D eigenvalue weighted by molar-refractivity contribution is 0.896. The van der Waals surface area contributed by atoms with Gasteiger partial charge >= 0.3 is 0 Å². The third-order valence-electron chi connectivity index (χ3n) is 2.98. The molecule has 18 heavy (non-hydrogen) atoms. The molecule has 2 N–H and O–H groups in total. The number of hydrogen-bond donors (Lipinski definition) is 1. The molecule has 0 saturated carbocycles. The molecule has 0 spiro atoms. The Morgan fingerprint density at radius 1 is 0.889 bits per heavy atom. The van der Waals surface area contributed by atoms with Crippen LogP contribution in [0.5, 0.6) is 0 Å². The molecule has 0 amide bonds. The van der Waals surface area contributed by atoms with Crippen LogP contribution in [0.3, 0.4) is 0 Å². The summed E-state index contributed by atoms with van der Waals surface area (Å²) in [5.74, 6) is 0. The van der Waals surface area contributed by atoms with Gasteiger partial charge in [0, 0.05) is 4.88 Å². The number of nitrogens with two attached hydrogens (primary N) is 1. The van der Waals surface area contributed by atoms with Crippen molar-refractivity contribution in [1.82, 2.24) is 0 Å². The van der Waals surface area contributed by atoms with Gasteiger partial charge in [-0.3, -0.25) is 0 Å². The van der Waals surface area contributed by atoms with Crippen molar-refractivity contribution in [2.24, 2.45) is 5.73 Å². The smallest absolute Gasteiger partial charge is 0.0646 e. The largest absolute Gasteiger partial charge is 0.320 e. The van der Waals surface area contributed by atoms with Crippen molar-refractivity contribution in [2.45, 2.75) is 6.04 Å². The van der Waals surface area contributed by atoms with E-state index in [0.29, 0.717) is 0 Å². The molecule has 0 aliphatic carbocycles. The number of thiophene rings is 1. The van der Waals surface area contributed by atoms with Crippen LogP contribution in [0, 0.1) is 0 Å². The minimum absolute atomic E-state index is 0. The highest BCUT2D eigenvalue weighted by molar-refractivity contribution is 7.10. The molecule has 1 heterocycles. The number of halogens is 1. The Kier molecular flexibility index (Phi) is 4.02. The highest BCUT2D eigenvalue weighted by Gasteiger charge is 2.09. The molecule has 0 bridgehead atoms. The van der Waals surface area contributed by atoms with E-state index in [1.807, 2.05) is 6.07 Å². The fraction of sp³-hybridized carbons (Fsp3) is 0.0667. The van der Waals surface area contributed by atoms with Crippen molar-refractivity contribution < 1.29 is 0 Å². The molecule has 0 radical (unpaired) electrons. The van der Waals surface area contributed by atoms with E-state index >= 15 is 0 Å². The molecule has 0 unspecified atom stereocenters. The first-order valence-corrected chi connectivity index (χ1v) is 6.50. The zero-order chi connectivity index (χ0) is 11.7. The van der Waals surface area contributed by atoms with Crippen molar-refractivity contribution >= 4 is 34.5 Å². The third-order valence-corrected chi connectivity index (χ3v) is 3.94. The van der Waals surface area contributed by atoms with Gasteiger partial charge in [-0.25, -0.2) is 0 Å². The maximum absolute atomic E-state index is 6.26. The predicted molar refractivity (Wildman–Crippen MR) is 81.5 cm³/mol. The molecule has 3 heteroatoms. The van der Waals surface area contributed by atoms with Crippen LogP contribution in [0.4, 0.5) is 0 Å². The van der Waals surface area contributed by atoms with Crippen LogP contribution in [0.1, 0.15) is 16.5 Å². The molecule has 1 nitrogen and oxygen atoms in total. The Morgan fingerprint density at radius 3 is 2.39 bits per heavy atom. The lowest BCUT2D eigenvalue weighted by atomic mass is 10.0. The molecule has 92 valence electrons. The first-order valence-electron chi connectivity index (χ1n) is 5.62. The van der Waals surface area contributed by atoms with Crippen LogP contribution in [-0.4, -0.2) is 0 Å². The molecule has 1 atom stereocenters. The van der Waals surface area contributed by atoms with Gasteiger partial charge in [-0.2, -0.15) is 0 Å². The molecule has 1 aromatic heterocycles. The average molecular weight is 276 g/mol. The van der Waals surface area contributed by atoms with Gasteiger partial charge in [-0.1, -0.05) is 42.5 Å². The van der Waals surface area contributed by atoms with E-state index < -0.39 is 0 Å². The highest BCUT2D eigenvalue weighted by atomic mass is 35.5. The van der Waals surface area contributed by atoms with E-state index in [2.05, 4.69) is 53.9 Å². The second-order valence-corrected chi connectivity index (χ2v) is 5.08. The fourth-order valence-corrected chi connectivity index (χ4v) is 2.79. The van der Waals surface area contributed by atoms with Gasteiger partial charge in [0.25, 0.3) is 0 Å². The first-order chi connectivity index (χ1) is 8.34. The van der Waals surface area contributed by atoms with Crippen LogP contribution in [-0.2, 0) is 0 Å². The Morgan fingerprint density at radius 2 is 1.67 bits per heavy atom. The quantitative estimate of drug-likeness (QED) is 0.738. The summed E-state index contributed by atoms with van der Waals surface area (Å²) >= 11 is 1.71. The van der Waals surface area contributed by atoms with E-state index in [9.17, 15) is 0 Å². The number of benzene rings is 2. The second-order valence-electron chi connectivity index (χ2n) is 4.10. The van der Waals surface area contributed by atoms with Crippen molar-refractivity contribution in [3.8, 4) is 0 Å². The maximum atomic E-state index is 6.26. The van der Waals surface area contributed by atoms with Crippen molar-refractivity contribution in [3.05, 3.63) is 70.4 Å². The van der Waals surface area contributed by atoms with Gasteiger partial charge in [0.1, 0.15) is 0 Å². The van der Waals surface area contributed by atoms with Gasteiger partial charge in [-0.15, -0.1) is 23.7 Å². The monoisotopic (exact) mass is 275 g/mol. The third kappa shape index (κ3) is 2.41. The van der Waals surface area contributed by atoms with Gasteiger partial charge < -0.3 is 5.73 Å². The summed E-state index contributed by atoms with van der Waals surface area (Å²) in [7, 11) is 0. The van der Waals surface area contributed by atoms with E-state index in [1.54, 1.807) is 11.3 Å². The summed E-state index contributed by atoms with van der Waals surface area (Å²) in [5, 5.41) is 4.57. The maximum Gasteiger partial charge on any atom is 0.0646 e. The lowest BCUT2D eigenvalue weighted by Gasteiger charge is -2.11. The molecule has 3 aromatic rings. The molecular weight excluding hydrogens is 262 g/mol. The normalized spacial score (nSPS) is 12.1. The Bertz CT molecular complexity index is 634. The standard InChI is InChI=1S/C15H13NS.ClH/c16-15(14-6-3-9-17-14)13-8-7-11-4-1-2-5-12(11)10-13;/h1-10,15H,16H2;1H/t15-;/m1./s1. The zero-order valence-electron chi connectivity index (χ0n) is 9.74. The zero-order valence-corrected chi connectivity index (χ0v) is 11.4. The summed E-state index contributed by atoms with van der Waals surface area (Å²) in [5.41, 5.74) is 7.43. The minimum Gasteiger partial charge on any atom is -0.320 e. The topological polar surface area (TPSA) is 26.0 Å². The van der Waals surface area contributed by atoms with Gasteiger partial charge in [0.05, 0.1) is 6.04 Å². The molecule has 2 aromatic carbocycles. The summed E-state index contributed by atoms with van der Waals surface area (Å²) < 4.78 is 0. The Hall–Kier alpha value is -1.35. The molecule has 0 aliphatic heterocycles. The van der Waals surface area contributed by atoms with E-state index in [-0.39, 0.29) is 18.4 Å². The van der Waals surface area contributed by atoms with E-state index in [4.69, 9.17) is 5.73 Å². The molecular formula is C15H14ClNS. The molecule has 3 rings (SSSR count). The summed E-state index contributed by atoms with van der Waals surface area (Å²) in [6.45, 7) is 0. The minimum atomic E-state index is -0.0143. The molecule has 0 saturated heterocycles. The Labute approximate surface area is 117 Å². The summed E-state index contributed by atoms with van der Waals surface area (Å²) in [6, 6.07) is 18.9.